The van der Waals surface area contributed by atoms with Gasteiger partial charge in [0.25, 0.3) is 0 Å². The molecule has 0 aliphatic carbocycles. The Morgan fingerprint density at radius 2 is 1.95 bits per heavy atom. The molecule has 0 bridgehead atoms. The molecular weight excluding hydrogens is 230 g/mol. The van der Waals surface area contributed by atoms with Crippen LogP contribution in [-0.4, -0.2) is 12.1 Å². The highest BCUT2D eigenvalue weighted by Gasteiger charge is 2.23. The van der Waals surface area contributed by atoms with E-state index in [1.165, 1.54) is 16.7 Å². The van der Waals surface area contributed by atoms with Crippen molar-refractivity contribution in [2.75, 3.05) is 6.54 Å². The number of aryl methyl sites for hydroxylation is 2. The van der Waals surface area contributed by atoms with Crippen LogP contribution in [0.5, 0.6) is 0 Å². The van der Waals surface area contributed by atoms with Gasteiger partial charge in [-0.25, -0.2) is 0 Å². The topological polar surface area (TPSA) is 12.0 Å². The molecule has 1 unspecified atom stereocenters. The molecular formula is C18H31N. The molecule has 1 aromatic carbocycles. The molecule has 19 heavy (non-hydrogen) atoms. The Bertz CT molecular complexity index is 381. The van der Waals surface area contributed by atoms with E-state index >= 15 is 0 Å². The van der Waals surface area contributed by atoms with E-state index in [0.29, 0.717) is 0 Å². The smallest absolute Gasteiger partial charge is 0.0362 e. The summed E-state index contributed by atoms with van der Waals surface area (Å²) in [6, 6.07) is 8.75. The molecule has 0 radical (unpaired) electrons. The van der Waals surface area contributed by atoms with Crippen LogP contribution in [0.4, 0.5) is 0 Å². The zero-order valence-corrected chi connectivity index (χ0v) is 13.6. The molecule has 1 N–H and O–H groups in total. The first-order valence-electron chi connectivity index (χ1n) is 7.44. The first-order chi connectivity index (χ1) is 8.98. The van der Waals surface area contributed by atoms with Crippen LogP contribution in [0.15, 0.2) is 36.4 Å². The molecule has 108 valence electrons. The summed E-state index contributed by atoms with van der Waals surface area (Å²) in [6.45, 7) is 17.7. The van der Waals surface area contributed by atoms with Gasteiger partial charge in [0, 0.05) is 5.54 Å². The fourth-order valence-electron chi connectivity index (χ4n) is 2.10. The van der Waals surface area contributed by atoms with Gasteiger partial charge in [0.15, 0.2) is 0 Å². The summed E-state index contributed by atoms with van der Waals surface area (Å²) in [6.07, 6.45) is 2.19. The first-order valence-corrected chi connectivity index (χ1v) is 7.44. The molecule has 0 fully saturated rings. The zero-order valence-electron chi connectivity index (χ0n) is 13.6. The van der Waals surface area contributed by atoms with E-state index in [-0.39, 0.29) is 5.54 Å². The quantitative estimate of drug-likeness (QED) is 0.718. The third kappa shape index (κ3) is 6.07. The van der Waals surface area contributed by atoms with E-state index in [9.17, 15) is 0 Å². The van der Waals surface area contributed by atoms with Crippen LogP contribution in [0.25, 0.3) is 0 Å². The van der Waals surface area contributed by atoms with Crippen LogP contribution in [0.2, 0.25) is 0 Å². The van der Waals surface area contributed by atoms with E-state index in [2.05, 4.69) is 63.9 Å². The standard InChI is InChI=1S/C16H25N.C2H6/c1-6-17-16(5,13(2)3)11-10-15-9-7-8-14(4)12-15;1-2/h7-9,12,17H,2,6,10-11H2,1,3-5H3;1-2H3. The lowest BCUT2D eigenvalue weighted by Gasteiger charge is -2.31. The van der Waals surface area contributed by atoms with Crippen molar-refractivity contribution in [3.8, 4) is 0 Å². The van der Waals surface area contributed by atoms with Gasteiger partial charge in [-0.15, -0.1) is 0 Å². The van der Waals surface area contributed by atoms with E-state index < -0.39 is 0 Å². The second-order valence-electron chi connectivity index (χ2n) is 5.13. The molecule has 0 aliphatic heterocycles. The number of hydrogen-bond donors (Lipinski definition) is 1. The van der Waals surface area contributed by atoms with Gasteiger partial charge in [-0.2, -0.15) is 0 Å². The molecule has 0 saturated heterocycles. The highest BCUT2D eigenvalue weighted by molar-refractivity contribution is 5.23. The average molecular weight is 261 g/mol. The van der Waals surface area contributed by atoms with E-state index in [1.807, 2.05) is 13.8 Å². The lowest BCUT2D eigenvalue weighted by atomic mass is 9.87. The second kappa shape index (κ2) is 8.92. The first kappa shape index (κ1) is 17.9. The predicted molar refractivity (Wildman–Crippen MR) is 87.7 cm³/mol. The van der Waals surface area contributed by atoms with Gasteiger partial charge in [0.1, 0.15) is 0 Å². The van der Waals surface area contributed by atoms with Crippen molar-refractivity contribution in [1.29, 1.82) is 0 Å². The second-order valence-corrected chi connectivity index (χ2v) is 5.13. The molecule has 1 atom stereocenters. The van der Waals surface area contributed by atoms with Gasteiger partial charge in [-0.3, -0.25) is 0 Å². The maximum atomic E-state index is 4.11. The number of nitrogens with one attached hydrogen (secondary N) is 1. The number of hydrogen-bond acceptors (Lipinski definition) is 1. The Kier molecular flexibility index (Phi) is 8.42. The predicted octanol–water partition coefficient (Wildman–Crippen LogP) is 4.90. The molecule has 1 aromatic rings. The van der Waals surface area contributed by atoms with Gasteiger partial charge in [0.2, 0.25) is 0 Å². The summed E-state index contributed by atoms with van der Waals surface area (Å²) in [5.41, 5.74) is 4.02. The van der Waals surface area contributed by atoms with Crippen LogP contribution < -0.4 is 5.32 Å². The normalized spacial score (nSPS) is 13.2. The minimum Gasteiger partial charge on any atom is -0.308 e. The Morgan fingerprint density at radius 1 is 1.32 bits per heavy atom. The molecule has 0 spiro atoms. The fraction of sp³-hybridized carbons (Fsp3) is 0.556. The van der Waals surface area contributed by atoms with Gasteiger partial charge in [0.05, 0.1) is 0 Å². The van der Waals surface area contributed by atoms with Gasteiger partial charge < -0.3 is 5.32 Å². The molecule has 1 rings (SSSR count). The minimum absolute atomic E-state index is 0.0541. The minimum atomic E-state index is 0.0541. The van der Waals surface area contributed by atoms with Crippen LogP contribution in [0.1, 0.15) is 52.2 Å². The number of benzene rings is 1. The van der Waals surface area contributed by atoms with Crippen molar-refractivity contribution in [2.24, 2.45) is 0 Å². The third-order valence-electron chi connectivity index (χ3n) is 3.51. The summed E-state index contributed by atoms with van der Waals surface area (Å²) in [4.78, 5) is 0. The maximum absolute atomic E-state index is 4.11. The van der Waals surface area contributed by atoms with Crippen molar-refractivity contribution in [3.63, 3.8) is 0 Å². The molecule has 0 aromatic heterocycles. The average Bonchev–Trinajstić information content (AvgIpc) is 2.39. The summed E-state index contributed by atoms with van der Waals surface area (Å²) in [5, 5.41) is 3.54. The Morgan fingerprint density at radius 3 is 2.42 bits per heavy atom. The molecule has 0 heterocycles. The van der Waals surface area contributed by atoms with Gasteiger partial charge >= 0.3 is 0 Å². The highest BCUT2D eigenvalue weighted by atomic mass is 15.0. The summed E-state index contributed by atoms with van der Waals surface area (Å²) >= 11 is 0. The molecule has 0 amide bonds. The largest absolute Gasteiger partial charge is 0.308 e. The SMILES string of the molecule is C=C(C)C(C)(CCc1cccc(C)c1)NCC.CC. The lowest BCUT2D eigenvalue weighted by molar-refractivity contribution is 0.397. The summed E-state index contributed by atoms with van der Waals surface area (Å²) < 4.78 is 0. The van der Waals surface area contributed by atoms with Crippen LogP contribution >= 0.6 is 0 Å². The van der Waals surface area contributed by atoms with Crippen molar-refractivity contribution >= 4 is 0 Å². The van der Waals surface area contributed by atoms with E-state index in [4.69, 9.17) is 0 Å². The highest BCUT2D eigenvalue weighted by Crippen LogP contribution is 2.21. The Labute approximate surface area is 120 Å². The molecule has 0 aliphatic rings. The monoisotopic (exact) mass is 261 g/mol. The zero-order chi connectivity index (χ0) is 14.9. The van der Waals surface area contributed by atoms with E-state index in [1.54, 1.807) is 0 Å². The van der Waals surface area contributed by atoms with E-state index in [0.717, 1.165) is 19.4 Å². The summed E-state index contributed by atoms with van der Waals surface area (Å²) in [7, 11) is 0. The van der Waals surface area contributed by atoms with Crippen LogP contribution in [-0.2, 0) is 6.42 Å². The number of rotatable bonds is 6. The fourth-order valence-corrected chi connectivity index (χ4v) is 2.10. The molecule has 1 heteroatoms. The Balaban J connectivity index is 0.00000154. The summed E-state index contributed by atoms with van der Waals surface area (Å²) in [5.74, 6) is 0. The van der Waals surface area contributed by atoms with Crippen molar-refractivity contribution in [3.05, 3.63) is 47.5 Å². The van der Waals surface area contributed by atoms with Crippen molar-refractivity contribution in [1.82, 2.24) is 5.32 Å². The van der Waals surface area contributed by atoms with Crippen molar-refractivity contribution < 1.29 is 0 Å². The maximum Gasteiger partial charge on any atom is 0.0362 e. The molecule has 1 nitrogen and oxygen atoms in total. The van der Waals surface area contributed by atoms with Crippen LogP contribution in [0.3, 0.4) is 0 Å². The Hall–Kier alpha value is -1.08. The lowest BCUT2D eigenvalue weighted by Crippen LogP contribution is -2.43. The van der Waals surface area contributed by atoms with Crippen molar-refractivity contribution in [2.45, 2.75) is 59.9 Å². The number of likely N-dealkylation sites (N-methyl/N-ethyl adjacent to an activating group) is 1. The van der Waals surface area contributed by atoms with Crippen LogP contribution in [0, 0.1) is 6.92 Å². The third-order valence-corrected chi connectivity index (χ3v) is 3.51. The van der Waals surface area contributed by atoms with Gasteiger partial charge in [-0.05, 0) is 45.7 Å². The molecule has 0 saturated carbocycles. The van der Waals surface area contributed by atoms with Gasteiger partial charge in [-0.1, -0.05) is 62.8 Å².